The summed E-state index contributed by atoms with van der Waals surface area (Å²) in [7, 11) is 2.49. The Kier molecular flexibility index (Phi) is 4.14. The lowest BCUT2D eigenvalue weighted by atomic mass is 10.0. The average Bonchev–Trinajstić information content (AvgIpc) is 2.48. The summed E-state index contributed by atoms with van der Waals surface area (Å²) in [5, 5.41) is 10.1. The maximum absolute atomic E-state index is 14.2. The molecule has 1 atom stereocenters. The summed E-state index contributed by atoms with van der Waals surface area (Å²) in [6, 6.07) is 5.79. The second-order valence-electron chi connectivity index (χ2n) is 3.98. The van der Waals surface area contributed by atoms with Gasteiger partial charge in [-0.3, -0.25) is 4.98 Å². The highest BCUT2D eigenvalue weighted by molar-refractivity contribution is 5.44. The minimum Gasteiger partial charge on any atom is -0.494 e. The van der Waals surface area contributed by atoms with Crippen LogP contribution in [-0.4, -0.2) is 24.3 Å². The number of nitrogens with zero attached hydrogens (tertiary/aromatic N) is 1. The Morgan fingerprint density at radius 2 is 1.70 bits per heavy atom. The van der Waals surface area contributed by atoms with Crippen LogP contribution in [0.3, 0.4) is 0 Å². The molecule has 0 aliphatic rings. The maximum atomic E-state index is 14.2. The first-order chi connectivity index (χ1) is 9.60. The van der Waals surface area contributed by atoms with Gasteiger partial charge < -0.3 is 14.6 Å². The molecule has 0 saturated heterocycles. The van der Waals surface area contributed by atoms with E-state index in [2.05, 4.69) is 4.98 Å². The van der Waals surface area contributed by atoms with Crippen LogP contribution in [0.4, 0.5) is 8.78 Å². The molecule has 2 rings (SSSR count). The van der Waals surface area contributed by atoms with Gasteiger partial charge in [0.2, 0.25) is 0 Å². The van der Waals surface area contributed by atoms with Crippen molar-refractivity contribution in [1.82, 2.24) is 4.98 Å². The van der Waals surface area contributed by atoms with E-state index in [9.17, 15) is 13.9 Å². The van der Waals surface area contributed by atoms with Crippen molar-refractivity contribution in [1.29, 1.82) is 0 Å². The van der Waals surface area contributed by atoms with Gasteiger partial charge in [-0.1, -0.05) is 6.07 Å². The van der Waals surface area contributed by atoms with E-state index in [0.717, 1.165) is 6.07 Å². The van der Waals surface area contributed by atoms with Gasteiger partial charge in [-0.25, -0.2) is 8.78 Å². The van der Waals surface area contributed by atoms with Crippen LogP contribution in [0.25, 0.3) is 0 Å². The number of ether oxygens (including phenoxy) is 2. The molecule has 1 unspecified atom stereocenters. The molecule has 0 bridgehead atoms. The summed E-state index contributed by atoms with van der Waals surface area (Å²) in [6.45, 7) is 0. The molecule has 0 radical (unpaired) electrons. The molecule has 0 fully saturated rings. The summed E-state index contributed by atoms with van der Waals surface area (Å²) >= 11 is 0. The average molecular weight is 281 g/mol. The van der Waals surface area contributed by atoms with Crippen LogP contribution >= 0.6 is 0 Å². The maximum Gasteiger partial charge on any atom is 0.174 e. The molecular weight excluding hydrogens is 268 g/mol. The van der Waals surface area contributed by atoms with Gasteiger partial charge in [-0.2, -0.15) is 0 Å². The van der Waals surface area contributed by atoms with Crippen LogP contribution < -0.4 is 9.47 Å². The molecule has 106 valence electrons. The molecule has 0 aliphatic heterocycles. The standard InChI is InChI=1S/C14H13F2NO3/c1-19-9-7-10(20-2)13(16)11(12(9)15)14(18)8-5-3-4-6-17-8/h3-7,14,18H,1-2H3. The fourth-order valence-electron chi connectivity index (χ4n) is 1.83. The van der Waals surface area contributed by atoms with Crippen molar-refractivity contribution in [2.45, 2.75) is 6.10 Å². The minimum atomic E-state index is -1.56. The quantitative estimate of drug-likeness (QED) is 0.935. The van der Waals surface area contributed by atoms with Crippen molar-refractivity contribution < 1.29 is 23.4 Å². The Labute approximate surface area is 114 Å². The zero-order valence-corrected chi connectivity index (χ0v) is 10.9. The van der Waals surface area contributed by atoms with Crippen LogP contribution in [0.1, 0.15) is 17.4 Å². The summed E-state index contributed by atoms with van der Waals surface area (Å²) < 4.78 is 38.0. The SMILES string of the molecule is COc1cc(OC)c(F)c(C(O)c2ccccn2)c1F. The highest BCUT2D eigenvalue weighted by atomic mass is 19.1. The third kappa shape index (κ3) is 2.42. The Balaban J connectivity index is 2.60. The van der Waals surface area contributed by atoms with Crippen LogP contribution in [-0.2, 0) is 0 Å². The fourth-order valence-corrected chi connectivity index (χ4v) is 1.83. The summed E-state index contributed by atoms with van der Waals surface area (Å²) in [5.41, 5.74) is -0.430. The summed E-state index contributed by atoms with van der Waals surface area (Å²) in [5.74, 6) is -2.39. The topological polar surface area (TPSA) is 51.6 Å². The van der Waals surface area contributed by atoms with Crippen molar-refractivity contribution in [3.63, 3.8) is 0 Å². The predicted octanol–water partition coefficient (Wildman–Crippen LogP) is 2.46. The van der Waals surface area contributed by atoms with Crippen molar-refractivity contribution in [3.05, 3.63) is 53.4 Å². The number of methoxy groups -OCH3 is 2. The predicted molar refractivity (Wildman–Crippen MR) is 67.8 cm³/mol. The van der Waals surface area contributed by atoms with Crippen molar-refractivity contribution in [2.24, 2.45) is 0 Å². The van der Waals surface area contributed by atoms with Crippen LogP contribution in [0.2, 0.25) is 0 Å². The van der Waals surface area contributed by atoms with E-state index in [4.69, 9.17) is 9.47 Å². The van der Waals surface area contributed by atoms with Crippen LogP contribution in [0.5, 0.6) is 11.5 Å². The molecule has 1 aromatic heterocycles. The molecule has 1 N–H and O–H groups in total. The Hall–Kier alpha value is -2.21. The molecule has 1 aromatic carbocycles. The molecule has 4 nitrogen and oxygen atoms in total. The summed E-state index contributed by atoms with van der Waals surface area (Å²) in [6.07, 6.45) is -0.133. The second-order valence-corrected chi connectivity index (χ2v) is 3.98. The molecule has 2 aromatic rings. The van der Waals surface area contributed by atoms with E-state index in [1.165, 1.54) is 26.5 Å². The number of halogens is 2. The number of hydrogen-bond donors (Lipinski definition) is 1. The Morgan fingerprint density at radius 1 is 1.10 bits per heavy atom. The molecule has 1 heterocycles. The molecule has 6 heteroatoms. The van der Waals surface area contributed by atoms with Gasteiger partial charge in [0, 0.05) is 12.3 Å². The van der Waals surface area contributed by atoms with E-state index in [1.54, 1.807) is 12.1 Å². The van der Waals surface area contributed by atoms with Gasteiger partial charge >= 0.3 is 0 Å². The van der Waals surface area contributed by atoms with Gasteiger partial charge in [0.1, 0.15) is 6.10 Å². The number of pyridine rings is 1. The molecule has 0 amide bonds. The normalized spacial score (nSPS) is 12.1. The van der Waals surface area contributed by atoms with E-state index in [1.807, 2.05) is 0 Å². The second kappa shape index (κ2) is 5.83. The first kappa shape index (κ1) is 14.2. The van der Waals surface area contributed by atoms with Crippen LogP contribution in [0, 0.1) is 11.6 Å². The first-order valence-electron chi connectivity index (χ1n) is 5.79. The van der Waals surface area contributed by atoms with E-state index >= 15 is 0 Å². The zero-order chi connectivity index (χ0) is 14.7. The number of aromatic nitrogens is 1. The van der Waals surface area contributed by atoms with Gasteiger partial charge in [-0.15, -0.1) is 0 Å². The largest absolute Gasteiger partial charge is 0.494 e. The number of benzene rings is 1. The lowest BCUT2D eigenvalue weighted by Crippen LogP contribution is -2.10. The summed E-state index contributed by atoms with van der Waals surface area (Å²) in [4.78, 5) is 3.88. The first-order valence-corrected chi connectivity index (χ1v) is 5.79. The van der Waals surface area contributed by atoms with Gasteiger partial charge in [0.25, 0.3) is 0 Å². The number of hydrogen-bond acceptors (Lipinski definition) is 4. The fraction of sp³-hybridized carbons (Fsp3) is 0.214. The van der Waals surface area contributed by atoms with Crippen molar-refractivity contribution >= 4 is 0 Å². The van der Waals surface area contributed by atoms with E-state index in [0.29, 0.717) is 0 Å². The highest BCUT2D eigenvalue weighted by Gasteiger charge is 2.27. The van der Waals surface area contributed by atoms with E-state index < -0.39 is 23.3 Å². The number of rotatable bonds is 4. The highest BCUT2D eigenvalue weighted by Crippen LogP contribution is 2.36. The Morgan fingerprint density at radius 3 is 2.15 bits per heavy atom. The number of aliphatic hydroxyl groups is 1. The Bertz CT molecular complexity index is 577. The molecule has 20 heavy (non-hydrogen) atoms. The van der Waals surface area contributed by atoms with Gasteiger partial charge in [0.05, 0.1) is 25.5 Å². The van der Waals surface area contributed by atoms with Crippen LogP contribution in [0.15, 0.2) is 30.5 Å². The zero-order valence-electron chi connectivity index (χ0n) is 10.9. The molecule has 0 spiro atoms. The lowest BCUT2D eigenvalue weighted by Gasteiger charge is -2.16. The molecule has 0 saturated carbocycles. The van der Waals surface area contributed by atoms with Crippen molar-refractivity contribution in [3.8, 4) is 11.5 Å². The molecule has 0 aliphatic carbocycles. The third-order valence-electron chi connectivity index (χ3n) is 2.85. The van der Waals surface area contributed by atoms with Gasteiger partial charge in [-0.05, 0) is 12.1 Å². The monoisotopic (exact) mass is 281 g/mol. The lowest BCUT2D eigenvalue weighted by molar-refractivity contribution is 0.200. The molecular formula is C14H13F2NO3. The van der Waals surface area contributed by atoms with Gasteiger partial charge in [0.15, 0.2) is 23.1 Å². The van der Waals surface area contributed by atoms with E-state index in [-0.39, 0.29) is 17.2 Å². The smallest absolute Gasteiger partial charge is 0.174 e. The minimum absolute atomic E-state index is 0.126. The number of aliphatic hydroxyl groups excluding tert-OH is 1. The van der Waals surface area contributed by atoms with Crippen molar-refractivity contribution in [2.75, 3.05) is 14.2 Å². The third-order valence-corrected chi connectivity index (χ3v) is 2.85.